The second kappa shape index (κ2) is 10.6. The topological polar surface area (TPSA) is 9.86 Å². The summed E-state index contributed by atoms with van der Waals surface area (Å²) in [6.45, 7) is 0. The van der Waals surface area contributed by atoms with Crippen LogP contribution in [0.4, 0.5) is 0 Å². The van der Waals surface area contributed by atoms with Crippen LogP contribution in [0.3, 0.4) is 0 Å². The van der Waals surface area contributed by atoms with Crippen LogP contribution in [0.2, 0.25) is 0 Å². The van der Waals surface area contributed by atoms with E-state index >= 15 is 0 Å². The van der Waals surface area contributed by atoms with Crippen molar-refractivity contribution in [3.05, 3.63) is 182 Å². The van der Waals surface area contributed by atoms with Crippen molar-refractivity contribution >= 4 is 54.4 Å². The summed E-state index contributed by atoms with van der Waals surface area (Å²) in [4.78, 5) is 0. The Bertz CT molecular complexity index is 2800. The molecule has 8 aromatic carbocycles. The number of para-hydroxylation sites is 3. The largest absolute Gasteiger partial charge is 0.307 e. The second-order valence-corrected chi connectivity index (χ2v) is 12.6. The Morgan fingerprint density at radius 3 is 1.23 bits per heavy atom. The first kappa shape index (κ1) is 26.8. The van der Waals surface area contributed by atoms with E-state index in [-0.39, 0.29) is 0 Å². The lowest BCUT2D eigenvalue weighted by Gasteiger charge is -2.13. The first-order chi connectivity index (χ1) is 23.8. The van der Waals surface area contributed by atoms with Gasteiger partial charge in [-0.15, -0.1) is 0 Å². The standard InChI is InChI=1S/C46H30N2/c1-3-11-31(12-4-1)33-19-21-36-30-34(20-22-35(36)29-33)32-23-25-38(26-24-32)48-44-18-10-8-16-40(44)42-28-27-41-39-15-7-9-17-43(39)47(45(41)46(42)48)37-13-5-2-6-14-37/h1-30H. The first-order valence-electron chi connectivity index (χ1n) is 16.5. The van der Waals surface area contributed by atoms with Crippen LogP contribution < -0.4 is 0 Å². The molecular weight excluding hydrogens is 581 g/mol. The molecule has 0 aliphatic carbocycles. The zero-order chi connectivity index (χ0) is 31.6. The van der Waals surface area contributed by atoms with Crippen molar-refractivity contribution in [1.29, 1.82) is 0 Å². The molecule has 0 spiro atoms. The summed E-state index contributed by atoms with van der Waals surface area (Å²) in [5.74, 6) is 0. The molecule has 224 valence electrons. The van der Waals surface area contributed by atoms with Crippen molar-refractivity contribution in [3.8, 4) is 33.6 Å². The van der Waals surface area contributed by atoms with E-state index in [1.165, 1.54) is 76.6 Å². The van der Waals surface area contributed by atoms with Gasteiger partial charge in [-0.3, -0.25) is 0 Å². The predicted molar refractivity (Wildman–Crippen MR) is 203 cm³/mol. The molecule has 2 aromatic heterocycles. The van der Waals surface area contributed by atoms with Crippen molar-refractivity contribution in [1.82, 2.24) is 9.13 Å². The van der Waals surface area contributed by atoms with Crippen LogP contribution in [0.5, 0.6) is 0 Å². The molecule has 0 amide bonds. The van der Waals surface area contributed by atoms with Crippen LogP contribution in [0.1, 0.15) is 0 Å². The normalized spacial score (nSPS) is 11.8. The second-order valence-electron chi connectivity index (χ2n) is 12.6. The smallest absolute Gasteiger partial charge is 0.0788 e. The van der Waals surface area contributed by atoms with Crippen molar-refractivity contribution in [2.24, 2.45) is 0 Å². The summed E-state index contributed by atoms with van der Waals surface area (Å²) in [5, 5.41) is 7.53. The van der Waals surface area contributed by atoms with Gasteiger partial charge in [0.2, 0.25) is 0 Å². The molecule has 2 heteroatoms. The van der Waals surface area contributed by atoms with E-state index in [9.17, 15) is 0 Å². The van der Waals surface area contributed by atoms with E-state index in [0.29, 0.717) is 0 Å². The Kier molecular flexibility index (Phi) is 5.91. The van der Waals surface area contributed by atoms with Crippen molar-refractivity contribution < 1.29 is 0 Å². The maximum atomic E-state index is 2.46. The minimum Gasteiger partial charge on any atom is -0.307 e. The highest BCUT2D eigenvalue weighted by Gasteiger charge is 2.21. The summed E-state index contributed by atoms with van der Waals surface area (Å²) in [5.41, 5.74) is 12.1. The Morgan fingerprint density at radius 1 is 0.271 bits per heavy atom. The average molecular weight is 611 g/mol. The molecule has 0 N–H and O–H groups in total. The summed E-state index contributed by atoms with van der Waals surface area (Å²) in [6.07, 6.45) is 0. The number of fused-ring (bicyclic) bond motifs is 8. The highest BCUT2D eigenvalue weighted by molar-refractivity contribution is 6.23. The zero-order valence-electron chi connectivity index (χ0n) is 26.2. The van der Waals surface area contributed by atoms with Crippen LogP contribution in [0.25, 0.3) is 88.0 Å². The van der Waals surface area contributed by atoms with Crippen molar-refractivity contribution in [2.75, 3.05) is 0 Å². The van der Waals surface area contributed by atoms with Gasteiger partial charge in [0.05, 0.1) is 22.1 Å². The SMILES string of the molecule is c1ccc(-c2ccc3cc(-c4ccc(-n5c6ccccc6c6ccc7c8ccccc8n(-c8ccccc8)c7c65)cc4)ccc3c2)cc1. The molecule has 0 bridgehead atoms. The van der Waals surface area contributed by atoms with Gasteiger partial charge in [-0.1, -0.05) is 133 Å². The lowest BCUT2D eigenvalue weighted by Crippen LogP contribution is -1.98. The number of hydrogen-bond donors (Lipinski definition) is 0. The maximum absolute atomic E-state index is 2.46. The molecule has 0 saturated heterocycles. The number of aromatic nitrogens is 2. The Morgan fingerprint density at radius 2 is 0.688 bits per heavy atom. The Labute approximate surface area is 278 Å². The van der Waals surface area contributed by atoms with E-state index in [4.69, 9.17) is 0 Å². The molecule has 10 aromatic rings. The van der Waals surface area contributed by atoms with Gasteiger partial charge in [-0.05, 0) is 81.6 Å². The highest BCUT2D eigenvalue weighted by Crippen LogP contribution is 2.42. The van der Waals surface area contributed by atoms with E-state index in [2.05, 4.69) is 191 Å². The van der Waals surface area contributed by atoms with Gasteiger partial charge in [0.1, 0.15) is 0 Å². The number of rotatable bonds is 4. The fourth-order valence-electron chi connectivity index (χ4n) is 7.65. The number of benzene rings is 8. The van der Waals surface area contributed by atoms with Crippen molar-refractivity contribution in [3.63, 3.8) is 0 Å². The fourth-order valence-corrected chi connectivity index (χ4v) is 7.65. The Hall–Kier alpha value is -6.38. The Balaban J connectivity index is 1.16. The summed E-state index contributed by atoms with van der Waals surface area (Å²) in [6, 6.07) is 66.2. The van der Waals surface area contributed by atoms with Crippen LogP contribution in [-0.2, 0) is 0 Å². The number of hydrogen-bond acceptors (Lipinski definition) is 0. The van der Waals surface area contributed by atoms with Crippen LogP contribution in [0, 0.1) is 0 Å². The van der Waals surface area contributed by atoms with Gasteiger partial charge in [-0.2, -0.15) is 0 Å². The predicted octanol–water partition coefficient (Wildman–Crippen LogP) is 12.4. The summed E-state index contributed by atoms with van der Waals surface area (Å²) < 4.78 is 4.90. The van der Waals surface area contributed by atoms with E-state index < -0.39 is 0 Å². The van der Waals surface area contributed by atoms with Gasteiger partial charge in [0.25, 0.3) is 0 Å². The van der Waals surface area contributed by atoms with Gasteiger partial charge in [0, 0.05) is 32.9 Å². The lowest BCUT2D eigenvalue weighted by molar-refractivity contribution is 1.15. The molecule has 0 saturated carbocycles. The third kappa shape index (κ3) is 4.06. The molecule has 0 aliphatic heterocycles. The maximum Gasteiger partial charge on any atom is 0.0788 e. The molecule has 48 heavy (non-hydrogen) atoms. The minimum atomic E-state index is 1.15. The van der Waals surface area contributed by atoms with Crippen LogP contribution in [0.15, 0.2) is 182 Å². The minimum absolute atomic E-state index is 1.15. The summed E-state index contributed by atoms with van der Waals surface area (Å²) >= 11 is 0. The zero-order valence-corrected chi connectivity index (χ0v) is 26.2. The molecule has 0 atom stereocenters. The quantitative estimate of drug-likeness (QED) is 0.188. The molecule has 0 fully saturated rings. The van der Waals surface area contributed by atoms with Crippen LogP contribution in [-0.4, -0.2) is 9.13 Å². The first-order valence-corrected chi connectivity index (χ1v) is 16.5. The molecule has 0 unspecified atom stereocenters. The van der Waals surface area contributed by atoms with E-state index in [0.717, 1.165) is 11.4 Å². The third-order valence-corrected chi connectivity index (χ3v) is 9.89. The highest BCUT2D eigenvalue weighted by atomic mass is 15.0. The molecule has 0 aliphatic rings. The monoisotopic (exact) mass is 610 g/mol. The average Bonchev–Trinajstić information content (AvgIpc) is 3.68. The van der Waals surface area contributed by atoms with Gasteiger partial charge in [0.15, 0.2) is 0 Å². The fraction of sp³-hybridized carbons (Fsp3) is 0. The molecule has 2 heterocycles. The van der Waals surface area contributed by atoms with Gasteiger partial charge >= 0.3 is 0 Å². The van der Waals surface area contributed by atoms with E-state index in [1.54, 1.807) is 0 Å². The lowest BCUT2D eigenvalue weighted by atomic mass is 9.97. The van der Waals surface area contributed by atoms with Gasteiger partial charge < -0.3 is 9.13 Å². The third-order valence-electron chi connectivity index (χ3n) is 9.89. The number of nitrogens with zero attached hydrogens (tertiary/aromatic N) is 2. The molecule has 10 rings (SSSR count). The van der Waals surface area contributed by atoms with Gasteiger partial charge in [-0.25, -0.2) is 0 Å². The van der Waals surface area contributed by atoms with Crippen LogP contribution >= 0.6 is 0 Å². The molecule has 0 radical (unpaired) electrons. The summed E-state index contributed by atoms with van der Waals surface area (Å²) in [7, 11) is 0. The van der Waals surface area contributed by atoms with Crippen molar-refractivity contribution in [2.45, 2.75) is 0 Å². The van der Waals surface area contributed by atoms with E-state index in [1.807, 2.05) is 0 Å². The molecular formula is C46H30N2. The molecule has 2 nitrogen and oxygen atoms in total.